The summed E-state index contributed by atoms with van der Waals surface area (Å²) in [6.07, 6.45) is 4.31. The molecule has 1 unspecified atom stereocenters. The van der Waals surface area contributed by atoms with Crippen LogP contribution < -0.4 is 19.6 Å². The minimum atomic E-state index is 0.0250. The molecule has 0 saturated carbocycles. The van der Waals surface area contributed by atoms with E-state index in [9.17, 15) is 5.11 Å². The van der Waals surface area contributed by atoms with Crippen LogP contribution in [0, 0.1) is 6.92 Å². The molecule has 0 saturated heterocycles. The number of phenols is 1. The molecule has 6 nitrogen and oxygen atoms in total. The SMILES string of the molecule is Cc1ccc(N2C=CN(c3ccc(O)cc3-c3ccc4c(oc5ccccc54)c3N3c4ccccc4N(C)[C@@H]3C)C2C)cc1. The number of anilines is 5. The highest BCUT2D eigenvalue weighted by atomic mass is 16.3. The van der Waals surface area contributed by atoms with E-state index < -0.39 is 0 Å². The minimum Gasteiger partial charge on any atom is -0.508 e. The van der Waals surface area contributed by atoms with Gasteiger partial charge in [0.05, 0.1) is 22.7 Å². The number of benzene rings is 5. The molecule has 6 aromatic rings. The van der Waals surface area contributed by atoms with Crippen LogP contribution in [0.15, 0.2) is 120 Å². The molecular weight excluding hydrogens is 544 g/mol. The van der Waals surface area contributed by atoms with E-state index in [4.69, 9.17) is 4.42 Å². The van der Waals surface area contributed by atoms with E-state index in [1.165, 1.54) is 11.3 Å². The Hall–Kier alpha value is -5.36. The first-order valence-electron chi connectivity index (χ1n) is 15.1. The van der Waals surface area contributed by atoms with Crippen molar-refractivity contribution < 1.29 is 9.52 Å². The van der Waals surface area contributed by atoms with Gasteiger partial charge in [-0.25, -0.2) is 0 Å². The molecule has 0 amide bonds. The van der Waals surface area contributed by atoms with E-state index >= 15 is 0 Å². The zero-order valence-corrected chi connectivity index (χ0v) is 25.3. The lowest BCUT2D eigenvalue weighted by Crippen LogP contribution is -2.36. The van der Waals surface area contributed by atoms with Gasteiger partial charge >= 0.3 is 0 Å². The number of aryl methyl sites for hydroxylation is 1. The van der Waals surface area contributed by atoms with Crippen LogP contribution in [0.4, 0.5) is 28.4 Å². The molecule has 0 spiro atoms. The summed E-state index contributed by atoms with van der Waals surface area (Å²) in [5.74, 6) is 0.220. The zero-order valence-electron chi connectivity index (χ0n) is 25.3. The Kier molecular flexibility index (Phi) is 5.88. The Labute approximate surface area is 257 Å². The standard InChI is InChI=1S/C38H34N4O2/c1-24-13-15-27(16-14-24)40-21-22-41(26(40)3)33-20-17-28(43)23-32(33)30-18-19-31-29-9-5-8-12-36(29)44-38(31)37(30)42-25(2)39(4)34-10-6-7-11-35(34)42/h5-23,25-26,43H,1-4H3/t25-,26?/m0/s1. The zero-order chi connectivity index (χ0) is 30.1. The summed E-state index contributed by atoms with van der Waals surface area (Å²) in [4.78, 5) is 9.22. The molecule has 0 fully saturated rings. The predicted molar refractivity (Wildman–Crippen MR) is 182 cm³/mol. The summed E-state index contributed by atoms with van der Waals surface area (Å²) in [5, 5.41) is 13.1. The van der Waals surface area contributed by atoms with Gasteiger partial charge in [0.2, 0.25) is 0 Å². The number of hydrogen-bond donors (Lipinski definition) is 1. The fourth-order valence-electron chi connectivity index (χ4n) is 6.87. The molecule has 2 atom stereocenters. The van der Waals surface area contributed by atoms with E-state index in [0.29, 0.717) is 0 Å². The quantitative estimate of drug-likeness (QED) is 0.225. The van der Waals surface area contributed by atoms with E-state index in [2.05, 4.69) is 133 Å². The molecule has 0 bridgehead atoms. The van der Waals surface area contributed by atoms with E-state index in [0.717, 1.165) is 55.8 Å². The minimum absolute atomic E-state index is 0.0250. The summed E-state index contributed by atoms with van der Waals surface area (Å²) in [6.45, 7) is 6.53. The normalized spacial score (nSPS) is 17.8. The first kappa shape index (κ1) is 26.3. The van der Waals surface area contributed by atoms with Crippen LogP contribution in [0.5, 0.6) is 5.75 Å². The number of furan rings is 1. The smallest absolute Gasteiger partial charge is 0.159 e. The first-order valence-corrected chi connectivity index (χ1v) is 15.1. The van der Waals surface area contributed by atoms with Gasteiger partial charge in [-0.1, -0.05) is 54.1 Å². The summed E-state index contributed by atoms with van der Waals surface area (Å²) < 4.78 is 6.70. The van der Waals surface area contributed by atoms with Crippen LogP contribution in [0.2, 0.25) is 0 Å². The van der Waals surface area contributed by atoms with Crippen LogP contribution in [0.25, 0.3) is 33.1 Å². The second-order valence-electron chi connectivity index (χ2n) is 11.8. The van der Waals surface area contributed by atoms with Gasteiger partial charge < -0.3 is 29.1 Å². The second kappa shape index (κ2) is 9.85. The molecule has 44 heavy (non-hydrogen) atoms. The van der Waals surface area contributed by atoms with Crippen molar-refractivity contribution in [3.63, 3.8) is 0 Å². The first-order chi connectivity index (χ1) is 21.4. The molecule has 3 heterocycles. The maximum Gasteiger partial charge on any atom is 0.159 e. The predicted octanol–water partition coefficient (Wildman–Crippen LogP) is 9.34. The highest BCUT2D eigenvalue weighted by Crippen LogP contribution is 2.52. The summed E-state index contributed by atoms with van der Waals surface area (Å²) in [5.41, 5.74) is 10.3. The topological polar surface area (TPSA) is 46.3 Å². The number of para-hydroxylation sites is 3. The lowest BCUT2D eigenvalue weighted by atomic mass is 9.97. The van der Waals surface area contributed by atoms with Crippen molar-refractivity contribution in [3.8, 4) is 16.9 Å². The number of hydrogen-bond acceptors (Lipinski definition) is 6. The van der Waals surface area contributed by atoms with Crippen LogP contribution in [0.1, 0.15) is 19.4 Å². The van der Waals surface area contributed by atoms with Crippen molar-refractivity contribution in [2.45, 2.75) is 33.1 Å². The van der Waals surface area contributed by atoms with Crippen LogP contribution in [-0.2, 0) is 0 Å². The van der Waals surface area contributed by atoms with E-state index in [-0.39, 0.29) is 18.1 Å². The highest BCUT2D eigenvalue weighted by molar-refractivity contribution is 6.14. The molecule has 5 aromatic carbocycles. The molecular formula is C38H34N4O2. The highest BCUT2D eigenvalue weighted by Gasteiger charge is 2.36. The largest absolute Gasteiger partial charge is 0.508 e. The average Bonchev–Trinajstić information content (AvgIpc) is 3.69. The Bertz CT molecular complexity index is 2080. The van der Waals surface area contributed by atoms with Crippen LogP contribution in [0.3, 0.4) is 0 Å². The van der Waals surface area contributed by atoms with Gasteiger partial charge in [-0.2, -0.15) is 0 Å². The second-order valence-corrected chi connectivity index (χ2v) is 11.8. The molecule has 6 heteroatoms. The Morgan fingerprint density at radius 2 is 1.39 bits per heavy atom. The van der Waals surface area contributed by atoms with E-state index in [1.54, 1.807) is 6.07 Å². The number of fused-ring (bicyclic) bond motifs is 4. The van der Waals surface area contributed by atoms with Gasteiger partial charge in [-0.05, 0) is 75.4 Å². The molecule has 218 valence electrons. The Balaban J connectivity index is 1.35. The Morgan fingerprint density at radius 1 is 0.659 bits per heavy atom. The van der Waals surface area contributed by atoms with Crippen molar-refractivity contribution in [3.05, 3.63) is 121 Å². The molecule has 2 aliphatic heterocycles. The molecule has 0 aliphatic carbocycles. The molecule has 2 aliphatic rings. The van der Waals surface area contributed by atoms with Gasteiger partial charge in [0.1, 0.15) is 23.7 Å². The van der Waals surface area contributed by atoms with Gasteiger partial charge in [0, 0.05) is 47.0 Å². The third-order valence-electron chi connectivity index (χ3n) is 9.29. The van der Waals surface area contributed by atoms with Crippen molar-refractivity contribution in [1.29, 1.82) is 0 Å². The number of aromatic hydroxyl groups is 1. The van der Waals surface area contributed by atoms with Crippen molar-refractivity contribution in [2.75, 3.05) is 26.6 Å². The number of phenolic OH excluding ortho intramolecular Hbond substituents is 1. The van der Waals surface area contributed by atoms with Gasteiger partial charge in [0.15, 0.2) is 5.58 Å². The maximum absolute atomic E-state index is 10.9. The number of nitrogens with zero attached hydrogens (tertiary/aromatic N) is 4. The molecule has 8 rings (SSSR count). The van der Waals surface area contributed by atoms with Crippen molar-refractivity contribution in [1.82, 2.24) is 0 Å². The van der Waals surface area contributed by atoms with Gasteiger partial charge in [0.25, 0.3) is 0 Å². The fourth-order valence-corrected chi connectivity index (χ4v) is 6.87. The average molecular weight is 579 g/mol. The lowest BCUT2D eigenvalue weighted by molar-refractivity contribution is 0.475. The van der Waals surface area contributed by atoms with E-state index in [1.807, 2.05) is 24.3 Å². The van der Waals surface area contributed by atoms with Gasteiger partial charge in [-0.15, -0.1) is 0 Å². The molecule has 1 N–H and O–H groups in total. The third kappa shape index (κ3) is 3.87. The summed E-state index contributed by atoms with van der Waals surface area (Å²) in [7, 11) is 2.14. The summed E-state index contributed by atoms with van der Waals surface area (Å²) >= 11 is 0. The number of rotatable bonds is 4. The maximum atomic E-state index is 10.9. The van der Waals surface area contributed by atoms with Crippen molar-refractivity contribution >= 4 is 50.4 Å². The lowest BCUT2D eigenvalue weighted by Gasteiger charge is -2.33. The summed E-state index contributed by atoms with van der Waals surface area (Å²) in [6, 6.07) is 35.4. The molecule has 1 aromatic heterocycles. The van der Waals surface area contributed by atoms with Crippen LogP contribution >= 0.6 is 0 Å². The fraction of sp³-hybridized carbons (Fsp3) is 0.158. The van der Waals surface area contributed by atoms with Crippen LogP contribution in [-0.4, -0.2) is 24.5 Å². The van der Waals surface area contributed by atoms with Crippen molar-refractivity contribution in [2.24, 2.45) is 0 Å². The molecule has 0 radical (unpaired) electrons. The monoisotopic (exact) mass is 578 g/mol. The third-order valence-corrected chi connectivity index (χ3v) is 9.29. The Morgan fingerprint density at radius 3 is 2.20 bits per heavy atom. The van der Waals surface area contributed by atoms with Gasteiger partial charge in [-0.3, -0.25) is 0 Å².